The average molecular weight is 326 g/mol. The Kier molecular flexibility index (Phi) is 4.17. The van der Waals surface area contributed by atoms with Crippen LogP contribution in [0.4, 0.5) is 11.4 Å². The normalized spacial score (nSPS) is 10.6. The fraction of sp³-hybridized carbons (Fsp3) is 0.111. The molecular weight excluding hydrogens is 310 g/mol. The molecule has 0 amide bonds. The van der Waals surface area contributed by atoms with E-state index in [4.69, 9.17) is 11.6 Å². The van der Waals surface area contributed by atoms with E-state index in [-0.39, 0.29) is 5.56 Å². The van der Waals surface area contributed by atoms with Crippen molar-refractivity contribution in [2.45, 2.75) is 6.92 Å². The lowest BCUT2D eigenvalue weighted by atomic mass is 10.1. The first-order valence-electron chi connectivity index (χ1n) is 7.21. The van der Waals surface area contributed by atoms with Crippen molar-refractivity contribution in [1.29, 1.82) is 0 Å². The number of rotatable bonds is 3. The van der Waals surface area contributed by atoms with Gasteiger partial charge in [0.05, 0.1) is 16.8 Å². The molecule has 3 aromatic rings. The minimum absolute atomic E-state index is 0.294. The van der Waals surface area contributed by atoms with E-state index in [1.807, 2.05) is 43.4 Å². The summed E-state index contributed by atoms with van der Waals surface area (Å²) in [5, 5.41) is 6.44. The Morgan fingerprint density at radius 2 is 1.78 bits per heavy atom. The molecule has 0 atom stereocenters. The SMILES string of the molecule is Cc1ccccc1N(C)c1ccc(-c2c(Cl)cn[nH]c2=O)cc1. The van der Waals surface area contributed by atoms with Crippen LogP contribution in [0.15, 0.2) is 59.5 Å². The van der Waals surface area contributed by atoms with E-state index in [1.54, 1.807) is 0 Å². The summed E-state index contributed by atoms with van der Waals surface area (Å²) >= 11 is 6.09. The van der Waals surface area contributed by atoms with Gasteiger partial charge < -0.3 is 4.90 Å². The topological polar surface area (TPSA) is 49.0 Å². The monoisotopic (exact) mass is 325 g/mol. The maximum absolute atomic E-state index is 11.9. The van der Waals surface area contributed by atoms with Crippen LogP contribution < -0.4 is 10.5 Å². The molecule has 0 saturated carbocycles. The van der Waals surface area contributed by atoms with Gasteiger partial charge in [0.1, 0.15) is 0 Å². The highest BCUT2D eigenvalue weighted by molar-refractivity contribution is 6.33. The molecule has 0 aliphatic heterocycles. The van der Waals surface area contributed by atoms with Crippen molar-refractivity contribution >= 4 is 23.0 Å². The van der Waals surface area contributed by atoms with Gasteiger partial charge in [0.2, 0.25) is 0 Å². The van der Waals surface area contributed by atoms with E-state index < -0.39 is 0 Å². The number of aromatic nitrogens is 2. The van der Waals surface area contributed by atoms with Gasteiger partial charge in [-0.05, 0) is 36.2 Å². The fourth-order valence-electron chi connectivity index (χ4n) is 2.58. The quantitative estimate of drug-likeness (QED) is 0.786. The van der Waals surface area contributed by atoms with Gasteiger partial charge in [0.25, 0.3) is 5.56 Å². The third-order valence-electron chi connectivity index (χ3n) is 3.83. The van der Waals surface area contributed by atoms with Crippen molar-refractivity contribution in [3.05, 3.63) is 75.7 Å². The van der Waals surface area contributed by atoms with Crippen LogP contribution in [-0.2, 0) is 0 Å². The van der Waals surface area contributed by atoms with Crippen LogP contribution in [0, 0.1) is 6.92 Å². The van der Waals surface area contributed by atoms with Gasteiger partial charge >= 0.3 is 0 Å². The molecule has 1 N–H and O–H groups in total. The molecule has 1 aromatic heterocycles. The maximum atomic E-state index is 11.9. The molecule has 0 saturated heterocycles. The molecule has 0 bridgehead atoms. The van der Waals surface area contributed by atoms with E-state index in [9.17, 15) is 4.79 Å². The molecule has 0 unspecified atom stereocenters. The van der Waals surface area contributed by atoms with Gasteiger partial charge in [-0.2, -0.15) is 5.10 Å². The molecule has 0 aliphatic rings. The van der Waals surface area contributed by atoms with Crippen LogP contribution in [0.3, 0.4) is 0 Å². The minimum atomic E-state index is -0.294. The number of aromatic amines is 1. The third kappa shape index (κ3) is 2.98. The smallest absolute Gasteiger partial charge is 0.273 e. The van der Waals surface area contributed by atoms with Crippen LogP contribution in [0.25, 0.3) is 11.1 Å². The zero-order chi connectivity index (χ0) is 16.4. The number of aryl methyl sites for hydroxylation is 1. The lowest BCUT2D eigenvalue weighted by molar-refractivity contribution is 0.992. The lowest BCUT2D eigenvalue weighted by Crippen LogP contribution is -2.12. The van der Waals surface area contributed by atoms with Crippen LogP contribution in [0.2, 0.25) is 5.02 Å². The Bertz CT molecular complexity index is 887. The van der Waals surface area contributed by atoms with Gasteiger partial charge in [-0.3, -0.25) is 4.79 Å². The molecule has 1 heterocycles. The molecule has 0 spiro atoms. The summed E-state index contributed by atoms with van der Waals surface area (Å²) < 4.78 is 0. The predicted octanol–water partition coefficient (Wildman–Crippen LogP) is 4.17. The molecule has 0 fully saturated rings. The van der Waals surface area contributed by atoms with E-state index in [1.165, 1.54) is 11.8 Å². The zero-order valence-corrected chi connectivity index (χ0v) is 13.6. The predicted molar refractivity (Wildman–Crippen MR) is 94.5 cm³/mol. The number of nitrogens with zero attached hydrogens (tertiary/aromatic N) is 2. The molecule has 4 nitrogen and oxygen atoms in total. The van der Waals surface area contributed by atoms with Crippen molar-refractivity contribution in [2.75, 3.05) is 11.9 Å². The second-order valence-electron chi connectivity index (χ2n) is 5.31. The molecule has 0 aliphatic carbocycles. The Morgan fingerprint density at radius 1 is 1.09 bits per heavy atom. The third-order valence-corrected chi connectivity index (χ3v) is 4.12. The van der Waals surface area contributed by atoms with E-state index in [2.05, 4.69) is 34.2 Å². The number of hydrogen-bond acceptors (Lipinski definition) is 3. The molecule has 3 rings (SSSR count). The van der Waals surface area contributed by atoms with Crippen LogP contribution >= 0.6 is 11.6 Å². The van der Waals surface area contributed by atoms with Crippen molar-refractivity contribution in [1.82, 2.24) is 10.2 Å². The van der Waals surface area contributed by atoms with E-state index >= 15 is 0 Å². The fourth-order valence-corrected chi connectivity index (χ4v) is 2.82. The molecule has 116 valence electrons. The lowest BCUT2D eigenvalue weighted by Gasteiger charge is -2.21. The molecular formula is C18H16ClN3O. The highest BCUT2D eigenvalue weighted by Crippen LogP contribution is 2.29. The summed E-state index contributed by atoms with van der Waals surface area (Å²) in [6, 6.07) is 15.9. The van der Waals surface area contributed by atoms with Gasteiger partial charge in [-0.15, -0.1) is 0 Å². The molecule has 23 heavy (non-hydrogen) atoms. The molecule has 2 aromatic carbocycles. The number of halogens is 1. The number of hydrogen-bond donors (Lipinski definition) is 1. The highest BCUT2D eigenvalue weighted by atomic mass is 35.5. The Labute approximate surface area is 139 Å². The number of H-pyrrole nitrogens is 1. The number of benzene rings is 2. The number of para-hydroxylation sites is 1. The van der Waals surface area contributed by atoms with Crippen molar-refractivity contribution < 1.29 is 0 Å². The van der Waals surface area contributed by atoms with Crippen LogP contribution in [0.5, 0.6) is 0 Å². The first-order chi connectivity index (χ1) is 11.1. The summed E-state index contributed by atoms with van der Waals surface area (Å²) in [6.07, 6.45) is 1.44. The Balaban J connectivity index is 1.97. The maximum Gasteiger partial charge on any atom is 0.273 e. The average Bonchev–Trinajstić information content (AvgIpc) is 2.55. The van der Waals surface area contributed by atoms with Crippen molar-refractivity contribution in [3.63, 3.8) is 0 Å². The largest absolute Gasteiger partial charge is 0.344 e. The second-order valence-corrected chi connectivity index (χ2v) is 5.72. The van der Waals surface area contributed by atoms with Crippen molar-refractivity contribution in [2.24, 2.45) is 0 Å². The first-order valence-corrected chi connectivity index (χ1v) is 7.58. The second kappa shape index (κ2) is 6.26. The standard InChI is InChI=1S/C18H16ClN3O/c1-12-5-3-4-6-16(12)22(2)14-9-7-13(8-10-14)17-15(19)11-20-21-18(17)23/h3-11H,1-2H3,(H,21,23). The summed E-state index contributed by atoms with van der Waals surface area (Å²) in [6.45, 7) is 2.08. The summed E-state index contributed by atoms with van der Waals surface area (Å²) in [4.78, 5) is 14.0. The van der Waals surface area contributed by atoms with Gasteiger partial charge in [-0.25, -0.2) is 5.10 Å². The van der Waals surface area contributed by atoms with Crippen LogP contribution in [0.1, 0.15) is 5.56 Å². The Morgan fingerprint density at radius 3 is 2.43 bits per heavy atom. The van der Waals surface area contributed by atoms with E-state index in [0.717, 1.165) is 16.9 Å². The summed E-state index contributed by atoms with van der Waals surface area (Å²) in [5.41, 5.74) is 4.28. The van der Waals surface area contributed by atoms with Crippen molar-refractivity contribution in [3.8, 4) is 11.1 Å². The number of anilines is 2. The number of nitrogens with one attached hydrogen (secondary N) is 1. The molecule has 0 radical (unpaired) electrons. The van der Waals surface area contributed by atoms with Gasteiger partial charge in [0, 0.05) is 18.4 Å². The summed E-state index contributed by atoms with van der Waals surface area (Å²) in [5.74, 6) is 0. The van der Waals surface area contributed by atoms with Crippen LogP contribution in [-0.4, -0.2) is 17.2 Å². The summed E-state index contributed by atoms with van der Waals surface area (Å²) in [7, 11) is 2.02. The zero-order valence-electron chi connectivity index (χ0n) is 12.9. The van der Waals surface area contributed by atoms with Gasteiger partial charge in [0.15, 0.2) is 0 Å². The van der Waals surface area contributed by atoms with Gasteiger partial charge in [-0.1, -0.05) is 41.9 Å². The highest BCUT2D eigenvalue weighted by Gasteiger charge is 2.10. The molecule has 5 heteroatoms. The minimum Gasteiger partial charge on any atom is -0.344 e. The van der Waals surface area contributed by atoms with E-state index in [0.29, 0.717) is 10.6 Å². The Hall–Kier alpha value is -2.59. The first kappa shape index (κ1) is 15.3.